The molecule has 0 radical (unpaired) electrons. The second-order valence-electron chi connectivity index (χ2n) is 6.11. The van der Waals surface area contributed by atoms with Gasteiger partial charge in [0.2, 0.25) is 0 Å². The van der Waals surface area contributed by atoms with Crippen molar-refractivity contribution < 1.29 is 21.6 Å². The van der Waals surface area contributed by atoms with Gasteiger partial charge in [-0.15, -0.1) is 12.4 Å². The molecule has 1 saturated heterocycles. The van der Waals surface area contributed by atoms with E-state index in [9.17, 15) is 21.6 Å². The van der Waals surface area contributed by atoms with E-state index in [1.165, 1.54) is 4.90 Å². The van der Waals surface area contributed by atoms with Gasteiger partial charge in [0.25, 0.3) is 10.2 Å². The van der Waals surface area contributed by atoms with Crippen LogP contribution >= 0.6 is 12.4 Å². The van der Waals surface area contributed by atoms with Crippen molar-refractivity contribution in [1.29, 1.82) is 0 Å². The van der Waals surface area contributed by atoms with Crippen molar-refractivity contribution in [2.24, 2.45) is 0 Å². The van der Waals surface area contributed by atoms with Gasteiger partial charge in [0, 0.05) is 45.8 Å². The summed E-state index contributed by atoms with van der Waals surface area (Å²) in [5.41, 5.74) is 0.772. The minimum atomic E-state index is -4.50. The van der Waals surface area contributed by atoms with E-state index >= 15 is 0 Å². The van der Waals surface area contributed by atoms with E-state index in [1.54, 1.807) is 31.2 Å². The first-order valence-electron chi connectivity index (χ1n) is 8.54. The van der Waals surface area contributed by atoms with Gasteiger partial charge in [-0.25, -0.2) is 4.72 Å². The highest BCUT2D eigenvalue weighted by Crippen LogP contribution is 2.25. The van der Waals surface area contributed by atoms with Gasteiger partial charge in [-0.05, 0) is 5.56 Å². The zero-order chi connectivity index (χ0) is 19.2. The van der Waals surface area contributed by atoms with E-state index in [0.717, 1.165) is 9.87 Å². The number of nitrogens with zero attached hydrogens (tertiary/aromatic N) is 2. The summed E-state index contributed by atoms with van der Waals surface area (Å²) >= 11 is 0. The second-order valence-corrected chi connectivity index (χ2v) is 7.86. The summed E-state index contributed by atoms with van der Waals surface area (Å²) in [7, 11) is -4.02. The van der Waals surface area contributed by atoms with Crippen LogP contribution < -0.4 is 10.0 Å². The molecule has 1 atom stereocenters. The molecule has 2 rings (SSSR count). The molecule has 0 spiro atoms. The second kappa shape index (κ2) is 10.6. The molecule has 0 aromatic heterocycles. The molecule has 6 nitrogen and oxygen atoms in total. The molecule has 1 aromatic rings. The highest BCUT2D eigenvalue weighted by atomic mass is 35.5. The molecule has 11 heteroatoms. The average Bonchev–Trinajstić information content (AvgIpc) is 2.60. The van der Waals surface area contributed by atoms with Crippen molar-refractivity contribution in [3.63, 3.8) is 0 Å². The van der Waals surface area contributed by atoms with Crippen molar-refractivity contribution in [2.45, 2.75) is 25.7 Å². The first-order valence-corrected chi connectivity index (χ1v) is 9.98. The van der Waals surface area contributed by atoms with E-state index < -0.39 is 29.0 Å². The smallest absolute Gasteiger partial charge is 0.314 e. The van der Waals surface area contributed by atoms with Crippen LogP contribution in [0.2, 0.25) is 0 Å². The molecule has 1 unspecified atom stereocenters. The highest BCUT2D eigenvalue weighted by Gasteiger charge is 2.44. The predicted octanol–water partition coefficient (Wildman–Crippen LogP) is 1.60. The molecule has 156 valence electrons. The molecular weight excluding hydrogens is 405 g/mol. The standard InChI is InChI=1S/C16H25F3N4O2S.ClH/c1-2-23(13-14-6-4-3-5-7-14)26(24,25)21-12-15(16(17,18)19)22-10-8-20-9-11-22;/h3-7,15,20-21H,2,8-13H2,1H3;1H. The zero-order valence-corrected chi connectivity index (χ0v) is 16.7. The topological polar surface area (TPSA) is 64.7 Å². The molecule has 1 aliphatic heterocycles. The molecule has 0 saturated carbocycles. The van der Waals surface area contributed by atoms with Crippen LogP contribution in [0.3, 0.4) is 0 Å². The third-order valence-electron chi connectivity index (χ3n) is 4.32. The van der Waals surface area contributed by atoms with Gasteiger partial charge < -0.3 is 5.32 Å². The lowest BCUT2D eigenvalue weighted by Crippen LogP contribution is -2.58. The number of hydrogen-bond acceptors (Lipinski definition) is 4. The lowest BCUT2D eigenvalue weighted by atomic mass is 10.2. The Kier molecular flexibility index (Phi) is 9.46. The van der Waals surface area contributed by atoms with Crippen LogP contribution in [-0.4, -0.2) is 69.1 Å². The first kappa shape index (κ1) is 24.1. The summed E-state index contributed by atoms with van der Waals surface area (Å²) < 4.78 is 68.5. The predicted molar refractivity (Wildman–Crippen MR) is 101 cm³/mol. The number of piperazine rings is 1. The molecule has 1 fully saturated rings. The Hall–Kier alpha value is -0.910. The fourth-order valence-corrected chi connectivity index (χ4v) is 4.08. The van der Waals surface area contributed by atoms with Crippen LogP contribution in [0.15, 0.2) is 30.3 Å². The molecule has 1 aliphatic rings. The average molecular weight is 431 g/mol. The van der Waals surface area contributed by atoms with Gasteiger partial charge in [0.05, 0.1) is 0 Å². The monoisotopic (exact) mass is 430 g/mol. The summed E-state index contributed by atoms with van der Waals surface area (Å²) in [6, 6.07) is 7.10. The van der Waals surface area contributed by atoms with Gasteiger partial charge in [-0.1, -0.05) is 37.3 Å². The van der Waals surface area contributed by atoms with Crippen LogP contribution in [0.1, 0.15) is 12.5 Å². The Labute approximate surface area is 164 Å². The SMILES string of the molecule is CCN(Cc1ccccc1)S(=O)(=O)NCC(N1CCNCC1)C(F)(F)F.Cl. The van der Waals surface area contributed by atoms with Crippen molar-refractivity contribution in [1.82, 2.24) is 19.2 Å². The lowest BCUT2D eigenvalue weighted by Gasteiger charge is -2.36. The Bertz CT molecular complexity index is 655. The number of benzene rings is 1. The van der Waals surface area contributed by atoms with Gasteiger partial charge in [0.15, 0.2) is 0 Å². The summed E-state index contributed by atoms with van der Waals surface area (Å²) in [4.78, 5) is 1.27. The summed E-state index contributed by atoms with van der Waals surface area (Å²) in [5.74, 6) is 0. The molecule has 27 heavy (non-hydrogen) atoms. The van der Waals surface area contributed by atoms with E-state index in [-0.39, 0.29) is 38.6 Å². The maximum atomic E-state index is 13.4. The van der Waals surface area contributed by atoms with E-state index in [0.29, 0.717) is 13.1 Å². The normalized spacial score (nSPS) is 17.5. The fraction of sp³-hybridized carbons (Fsp3) is 0.625. The number of alkyl halides is 3. The van der Waals surface area contributed by atoms with Gasteiger partial charge in [0.1, 0.15) is 6.04 Å². The quantitative estimate of drug-likeness (QED) is 0.657. The van der Waals surface area contributed by atoms with E-state index in [1.807, 2.05) is 6.07 Å². The van der Waals surface area contributed by atoms with Crippen LogP contribution in [0, 0.1) is 0 Å². The van der Waals surface area contributed by atoms with Gasteiger partial charge in [-0.2, -0.15) is 25.9 Å². The zero-order valence-electron chi connectivity index (χ0n) is 15.1. The third-order valence-corrected chi connectivity index (χ3v) is 5.92. The lowest BCUT2D eigenvalue weighted by molar-refractivity contribution is -0.182. The first-order chi connectivity index (χ1) is 12.2. The van der Waals surface area contributed by atoms with Crippen molar-refractivity contribution in [2.75, 3.05) is 39.3 Å². The fourth-order valence-electron chi connectivity index (χ4n) is 2.87. The van der Waals surface area contributed by atoms with E-state index in [2.05, 4.69) is 10.0 Å². The number of halogens is 4. The van der Waals surface area contributed by atoms with E-state index in [4.69, 9.17) is 0 Å². The van der Waals surface area contributed by atoms with Crippen molar-refractivity contribution in [3.05, 3.63) is 35.9 Å². The number of hydrogen-bond donors (Lipinski definition) is 2. The van der Waals surface area contributed by atoms with Crippen LogP contribution in [0.25, 0.3) is 0 Å². The van der Waals surface area contributed by atoms with Gasteiger partial charge in [-0.3, -0.25) is 4.90 Å². The largest absolute Gasteiger partial charge is 0.405 e. The molecule has 0 bridgehead atoms. The third kappa shape index (κ3) is 7.20. The molecule has 1 aromatic carbocycles. The minimum absolute atomic E-state index is 0. The van der Waals surface area contributed by atoms with Gasteiger partial charge >= 0.3 is 6.18 Å². The maximum absolute atomic E-state index is 13.4. The molecule has 1 heterocycles. The van der Waals surface area contributed by atoms with Crippen LogP contribution in [0.5, 0.6) is 0 Å². The van der Waals surface area contributed by atoms with Crippen LogP contribution in [-0.2, 0) is 16.8 Å². The molecular formula is C16H26ClF3N4O2S. The maximum Gasteiger partial charge on any atom is 0.405 e. The number of nitrogens with one attached hydrogen (secondary N) is 2. The van der Waals surface area contributed by atoms with Crippen molar-refractivity contribution >= 4 is 22.6 Å². The Morgan fingerprint density at radius 3 is 2.33 bits per heavy atom. The van der Waals surface area contributed by atoms with Crippen LogP contribution in [0.4, 0.5) is 13.2 Å². The minimum Gasteiger partial charge on any atom is -0.314 e. The Morgan fingerprint density at radius 2 is 1.81 bits per heavy atom. The Morgan fingerprint density at radius 1 is 1.22 bits per heavy atom. The summed E-state index contributed by atoms with van der Waals surface area (Å²) in [6.45, 7) is 2.59. The summed E-state index contributed by atoms with van der Waals surface area (Å²) in [5, 5.41) is 2.99. The molecule has 2 N–H and O–H groups in total. The summed E-state index contributed by atoms with van der Waals surface area (Å²) in [6.07, 6.45) is -4.50. The number of rotatable bonds is 8. The molecule has 0 aliphatic carbocycles. The highest BCUT2D eigenvalue weighted by molar-refractivity contribution is 7.87. The Balaban J connectivity index is 0.00000364. The van der Waals surface area contributed by atoms with Crippen molar-refractivity contribution in [3.8, 4) is 0 Å². The molecule has 0 amide bonds.